The molecule has 26 heavy (non-hydrogen) atoms. The van der Waals surface area contributed by atoms with Crippen molar-refractivity contribution in [3.63, 3.8) is 0 Å². The predicted octanol–water partition coefficient (Wildman–Crippen LogP) is 2.78. The van der Waals surface area contributed by atoms with Crippen LogP contribution in [-0.2, 0) is 18.7 Å². The number of epoxide rings is 1. The van der Waals surface area contributed by atoms with Crippen LogP contribution in [0.25, 0.3) is 0 Å². The van der Waals surface area contributed by atoms with E-state index in [0.717, 1.165) is 18.4 Å². The second-order valence-electron chi connectivity index (χ2n) is 8.78. The average molecular weight is 376 g/mol. The van der Waals surface area contributed by atoms with E-state index in [1.165, 1.54) is 0 Å². The molecule has 0 radical (unpaired) electrons. The zero-order valence-electron chi connectivity index (χ0n) is 16.1. The van der Waals surface area contributed by atoms with Gasteiger partial charge in [0.2, 0.25) is 0 Å². The topological polar surface area (TPSA) is 51.3 Å². The molecule has 4 rings (SSSR count). The van der Waals surface area contributed by atoms with Crippen LogP contribution >= 0.6 is 0 Å². The maximum atomic E-state index is 13.0. The van der Waals surface area contributed by atoms with Crippen LogP contribution in [-0.4, -0.2) is 63.2 Å². The highest BCUT2D eigenvalue weighted by molar-refractivity contribution is 6.69. The largest absolute Gasteiger partial charge is 0.462 e. The zero-order chi connectivity index (χ0) is 18.5. The molecule has 0 amide bonds. The third kappa shape index (κ3) is 3.60. The van der Waals surface area contributed by atoms with E-state index in [1.807, 2.05) is 30.3 Å². The van der Waals surface area contributed by atoms with Crippen LogP contribution in [0.2, 0.25) is 19.6 Å². The number of morpholine rings is 1. The minimum absolute atomic E-state index is 0.0109. The van der Waals surface area contributed by atoms with Gasteiger partial charge in [-0.1, -0.05) is 30.3 Å². The number of fused-ring (bicyclic) bond motifs is 5. The van der Waals surface area contributed by atoms with E-state index in [2.05, 4.69) is 31.6 Å². The maximum absolute atomic E-state index is 13.0. The molecular formula is C20H29NO4Si. The molecule has 1 aromatic carbocycles. The van der Waals surface area contributed by atoms with Crippen molar-refractivity contribution in [3.05, 3.63) is 35.9 Å². The first-order chi connectivity index (χ1) is 12.3. The summed E-state index contributed by atoms with van der Waals surface area (Å²) in [7, 11) is 0.458. The summed E-state index contributed by atoms with van der Waals surface area (Å²) in [6.07, 6.45) is 2.44. The van der Waals surface area contributed by atoms with Gasteiger partial charge in [0.1, 0.15) is 24.2 Å². The lowest BCUT2D eigenvalue weighted by molar-refractivity contribution is -0.156. The van der Waals surface area contributed by atoms with Crippen LogP contribution < -0.4 is 0 Å². The Hall–Kier alpha value is -1.21. The molecule has 3 saturated heterocycles. The Balaban J connectivity index is 1.43. The summed E-state index contributed by atoms with van der Waals surface area (Å²) in [5.74, 6) is -0.510. The molecule has 3 heterocycles. The highest BCUT2D eigenvalue weighted by atomic mass is 28.4. The standard InChI is InChI=1S/C20H29NO4Si/c1-21-16-10-14(11-17(21)19-18(16)25-19)24-20(22)15(12-23-26(2,3)4)13-8-6-5-7-9-13/h5-9,14-19H,10-12H2,1-4H3/t14?,15-,16-,17+,18-,19+/m1/s1. The smallest absolute Gasteiger partial charge is 0.316 e. The fourth-order valence-corrected chi connectivity index (χ4v) is 5.03. The lowest BCUT2D eigenvalue weighted by atomic mass is 9.97. The van der Waals surface area contributed by atoms with Gasteiger partial charge >= 0.3 is 5.97 Å². The number of ether oxygens (including phenoxy) is 2. The van der Waals surface area contributed by atoms with Crippen LogP contribution in [0.15, 0.2) is 30.3 Å². The number of carbonyl (C=O) groups is 1. The number of benzene rings is 1. The summed E-state index contributed by atoms with van der Waals surface area (Å²) in [5, 5.41) is 0. The maximum Gasteiger partial charge on any atom is 0.316 e. The van der Waals surface area contributed by atoms with E-state index in [0.29, 0.717) is 30.9 Å². The summed E-state index contributed by atoms with van der Waals surface area (Å²) < 4.78 is 17.8. The molecule has 0 N–H and O–H groups in total. The summed E-state index contributed by atoms with van der Waals surface area (Å²) in [6.45, 7) is 6.82. The second kappa shape index (κ2) is 6.75. The predicted molar refractivity (Wildman–Crippen MR) is 102 cm³/mol. The van der Waals surface area contributed by atoms with Gasteiger partial charge in [-0.15, -0.1) is 0 Å². The lowest BCUT2D eigenvalue weighted by Gasteiger charge is -2.38. The van der Waals surface area contributed by atoms with Crippen LogP contribution in [0, 0.1) is 0 Å². The molecule has 1 aromatic rings. The van der Waals surface area contributed by atoms with Gasteiger partial charge in [0, 0.05) is 24.9 Å². The lowest BCUT2D eigenvalue weighted by Crippen LogP contribution is -2.48. The quantitative estimate of drug-likeness (QED) is 0.435. The van der Waals surface area contributed by atoms with Crippen LogP contribution in [0.5, 0.6) is 0 Å². The summed E-state index contributed by atoms with van der Waals surface area (Å²) in [5.41, 5.74) is 0.970. The number of hydrogen-bond donors (Lipinski definition) is 0. The molecule has 1 unspecified atom stereocenters. The molecule has 0 spiro atoms. The van der Waals surface area contributed by atoms with Gasteiger partial charge in [-0.25, -0.2) is 0 Å². The van der Waals surface area contributed by atoms with E-state index < -0.39 is 8.32 Å². The number of hydrogen-bond acceptors (Lipinski definition) is 5. The monoisotopic (exact) mass is 375 g/mol. The first-order valence-electron chi connectivity index (χ1n) is 9.60. The van der Waals surface area contributed by atoms with Crippen LogP contribution in [0.1, 0.15) is 24.3 Å². The molecule has 6 heteroatoms. The Morgan fingerprint density at radius 1 is 1.19 bits per heavy atom. The second-order valence-corrected chi connectivity index (χ2v) is 13.3. The van der Waals surface area contributed by atoms with Gasteiger partial charge in [-0.3, -0.25) is 9.69 Å². The molecule has 0 aliphatic carbocycles. The van der Waals surface area contributed by atoms with Crippen molar-refractivity contribution in [1.82, 2.24) is 4.90 Å². The fourth-order valence-electron chi connectivity index (χ4n) is 4.36. The number of likely N-dealkylation sites (N-methyl/N-ethyl adjacent to an activating group) is 1. The van der Waals surface area contributed by atoms with Crippen LogP contribution in [0.4, 0.5) is 0 Å². The average Bonchev–Trinajstić information content (AvgIpc) is 3.33. The van der Waals surface area contributed by atoms with Gasteiger partial charge in [0.15, 0.2) is 8.32 Å². The molecule has 0 aromatic heterocycles. The van der Waals surface area contributed by atoms with E-state index in [4.69, 9.17) is 13.9 Å². The number of carbonyl (C=O) groups excluding carboxylic acids is 1. The molecule has 6 atom stereocenters. The van der Waals surface area contributed by atoms with Crippen molar-refractivity contribution >= 4 is 14.3 Å². The summed E-state index contributed by atoms with van der Waals surface area (Å²) in [6, 6.07) is 10.7. The fraction of sp³-hybridized carbons (Fsp3) is 0.650. The van der Waals surface area contributed by atoms with Gasteiger partial charge in [-0.2, -0.15) is 0 Å². The SMILES string of the molecule is CN1[C@@H]2CC(OC(=O)[C@H](CO[Si](C)(C)C)c3ccccc3)C[C@H]1[C@@H]1O[C@@H]12. The third-order valence-corrected chi connectivity index (χ3v) is 6.86. The van der Waals surface area contributed by atoms with Crippen molar-refractivity contribution in [2.45, 2.75) is 68.8 Å². The molecule has 3 fully saturated rings. The van der Waals surface area contributed by atoms with Crippen molar-refractivity contribution in [2.75, 3.05) is 13.7 Å². The van der Waals surface area contributed by atoms with Gasteiger partial charge in [0.05, 0.1) is 6.61 Å². The Labute approximate surface area is 156 Å². The minimum atomic E-state index is -1.71. The van der Waals surface area contributed by atoms with E-state index in [-0.39, 0.29) is 18.0 Å². The molecule has 3 aliphatic rings. The number of piperidine rings is 1. The Morgan fingerprint density at radius 3 is 2.38 bits per heavy atom. The number of rotatable bonds is 6. The Bertz CT molecular complexity index is 644. The van der Waals surface area contributed by atoms with Crippen molar-refractivity contribution in [2.24, 2.45) is 0 Å². The summed E-state index contributed by atoms with van der Waals surface area (Å²) >= 11 is 0. The zero-order valence-corrected chi connectivity index (χ0v) is 17.1. The van der Waals surface area contributed by atoms with Gasteiger partial charge in [0.25, 0.3) is 0 Å². The third-order valence-electron chi connectivity index (χ3n) is 5.83. The molecule has 3 aliphatic heterocycles. The highest BCUT2D eigenvalue weighted by Crippen LogP contribution is 2.48. The van der Waals surface area contributed by atoms with Gasteiger partial charge in [-0.05, 0) is 32.3 Å². The number of esters is 1. The van der Waals surface area contributed by atoms with E-state index >= 15 is 0 Å². The molecular weight excluding hydrogens is 346 g/mol. The highest BCUT2D eigenvalue weighted by Gasteiger charge is 2.62. The van der Waals surface area contributed by atoms with Gasteiger partial charge < -0.3 is 13.9 Å². The normalized spacial score (nSPS) is 34.2. The Kier molecular flexibility index (Phi) is 4.71. The van der Waals surface area contributed by atoms with Crippen molar-refractivity contribution in [1.29, 1.82) is 0 Å². The molecule has 0 saturated carbocycles. The first kappa shape index (κ1) is 18.2. The van der Waals surface area contributed by atoms with E-state index in [1.54, 1.807) is 0 Å². The first-order valence-corrected chi connectivity index (χ1v) is 13.0. The minimum Gasteiger partial charge on any atom is -0.462 e. The Morgan fingerprint density at radius 2 is 1.81 bits per heavy atom. The molecule has 2 bridgehead atoms. The molecule has 142 valence electrons. The molecule has 5 nitrogen and oxygen atoms in total. The summed E-state index contributed by atoms with van der Waals surface area (Å²) in [4.78, 5) is 15.4. The number of nitrogens with zero attached hydrogens (tertiary/aromatic N) is 1. The van der Waals surface area contributed by atoms with Crippen molar-refractivity contribution < 1.29 is 18.7 Å². The van der Waals surface area contributed by atoms with Crippen molar-refractivity contribution in [3.8, 4) is 0 Å². The van der Waals surface area contributed by atoms with E-state index in [9.17, 15) is 4.79 Å². The van der Waals surface area contributed by atoms with Crippen LogP contribution in [0.3, 0.4) is 0 Å².